The third kappa shape index (κ3) is 1.77. The Labute approximate surface area is 132 Å². The minimum absolute atomic E-state index is 0.0183. The number of hydrogen-bond donors (Lipinski definition) is 0. The van der Waals surface area contributed by atoms with E-state index in [9.17, 15) is 14.0 Å². The van der Waals surface area contributed by atoms with E-state index in [-0.39, 0.29) is 22.5 Å². The molecule has 0 unspecified atom stereocenters. The van der Waals surface area contributed by atoms with Gasteiger partial charge < -0.3 is 0 Å². The molecule has 0 saturated heterocycles. The van der Waals surface area contributed by atoms with E-state index in [2.05, 4.69) is 13.8 Å². The van der Waals surface area contributed by atoms with Gasteiger partial charge in [0.15, 0.2) is 0 Å². The summed E-state index contributed by atoms with van der Waals surface area (Å²) < 4.78 is 13.9. The molecular formula is C19H27FO2. The zero-order chi connectivity index (χ0) is 15.7. The van der Waals surface area contributed by atoms with Gasteiger partial charge in [-0.25, -0.2) is 4.39 Å². The van der Waals surface area contributed by atoms with Crippen LogP contribution in [0, 0.1) is 34.5 Å². The van der Waals surface area contributed by atoms with Crippen molar-refractivity contribution in [3.05, 3.63) is 0 Å². The van der Waals surface area contributed by atoms with Crippen molar-refractivity contribution >= 4 is 11.6 Å². The average molecular weight is 306 g/mol. The predicted octanol–water partition coefficient (Wildman–Crippen LogP) is 4.12. The quantitative estimate of drug-likeness (QED) is 0.675. The highest BCUT2D eigenvalue weighted by molar-refractivity contribution is 5.88. The van der Waals surface area contributed by atoms with Gasteiger partial charge >= 0.3 is 0 Å². The van der Waals surface area contributed by atoms with Gasteiger partial charge in [-0.2, -0.15) is 0 Å². The average Bonchev–Trinajstić information content (AvgIpc) is 2.77. The lowest BCUT2D eigenvalue weighted by atomic mass is 9.45. The van der Waals surface area contributed by atoms with Gasteiger partial charge in [-0.3, -0.25) is 9.59 Å². The summed E-state index contributed by atoms with van der Waals surface area (Å²) in [5, 5.41) is 0. The summed E-state index contributed by atoms with van der Waals surface area (Å²) in [5.41, 5.74) is -0.197. The molecule has 4 saturated carbocycles. The van der Waals surface area contributed by atoms with Crippen LogP contribution in [-0.4, -0.2) is 17.7 Å². The zero-order valence-electron chi connectivity index (χ0n) is 13.7. The molecule has 0 aromatic carbocycles. The standard InChI is InChI=1S/C19H27FO2/c1-18-7-5-11(20)9-15(18)16(21)10-12-13-3-4-17(22)19(13,2)8-6-14(12)18/h11-15H,3-10H2,1-2H3/t11-,12+,13+,14+,15-,18-,19+/m1/s1. The van der Waals surface area contributed by atoms with Crippen LogP contribution in [-0.2, 0) is 9.59 Å². The van der Waals surface area contributed by atoms with Crippen molar-refractivity contribution in [1.82, 2.24) is 0 Å². The summed E-state index contributed by atoms with van der Waals surface area (Å²) in [6, 6.07) is 0. The van der Waals surface area contributed by atoms with E-state index in [0.29, 0.717) is 49.2 Å². The van der Waals surface area contributed by atoms with Gasteiger partial charge in [0.1, 0.15) is 17.7 Å². The maximum absolute atomic E-state index is 13.9. The van der Waals surface area contributed by atoms with E-state index >= 15 is 0 Å². The molecule has 0 amide bonds. The molecule has 3 heteroatoms. The molecule has 4 aliphatic rings. The number of halogens is 1. The van der Waals surface area contributed by atoms with Crippen LogP contribution in [0.1, 0.15) is 65.2 Å². The summed E-state index contributed by atoms with van der Waals surface area (Å²) in [5.74, 6) is 1.92. The number of carbonyl (C=O) groups excluding carboxylic acids is 2. The number of hydrogen-bond acceptors (Lipinski definition) is 2. The largest absolute Gasteiger partial charge is 0.299 e. The van der Waals surface area contributed by atoms with Crippen LogP contribution in [0.3, 0.4) is 0 Å². The summed E-state index contributed by atoms with van der Waals surface area (Å²) in [4.78, 5) is 25.1. The smallest absolute Gasteiger partial charge is 0.139 e. The maximum Gasteiger partial charge on any atom is 0.139 e. The molecule has 0 heterocycles. The zero-order valence-corrected chi connectivity index (χ0v) is 13.7. The monoisotopic (exact) mass is 306 g/mol. The Kier molecular flexibility index (Phi) is 3.13. The molecule has 22 heavy (non-hydrogen) atoms. The first-order valence-corrected chi connectivity index (χ1v) is 9.06. The number of carbonyl (C=O) groups is 2. The molecule has 0 aliphatic heterocycles. The molecule has 4 fully saturated rings. The third-order valence-corrected chi connectivity index (χ3v) is 8.10. The second-order valence-electron chi connectivity index (χ2n) is 8.90. The first kappa shape index (κ1) is 14.8. The Bertz CT molecular complexity index is 530. The fraction of sp³-hybridized carbons (Fsp3) is 0.895. The number of ketones is 2. The minimum atomic E-state index is -0.791. The molecule has 0 aromatic rings. The van der Waals surface area contributed by atoms with E-state index < -0.39 is 6.17 Å². The van der Waals surface area contributed by atoms with E-state index in [0.717, 1.165) is 25.7 Å². The fourth-order valence-corrected chi connectivity index (χ4v) is 6.76. The summed E-state index contributed by atoms with van der Waals surface area (Å²) in [6.07, 6.45) is 5.42. The van der Waals surface area contributed by atoms with Gasteiger partial charge in [0.05, 0.1) is 0 Å². The van der Waals surface area contributed by atoms with E-state index in [1.165, 1.54) is 0 Å². The Hall–Kier alpha value is -0.730. The maximum atomic E-state index is 13.9. The number of alkyl halides is 1. The van der Waals surface area contributed by atoms with Crippen LogP contribution in [0.4, 0.5) is 4.39 Å². The Morgan fingerprint density at radius 3 is 2.59 bits per heavy atom. The molecule has 0 aromatic heterocycles. The van der Waals surface area contributed by atoms with Gasteiger partial charge in [-0.15, -0.1) is 0 Å². The lowest BCUT2D eigenvalue weighted by molar-refractivity contribution is -0.158. The second-order valence-corrected chi connectivity index (χ2v) is 8.90. The van der Waals surface area contributed by atoms with E-state index in [4.69, 9.17) is 0 Å². The first-order valence-electron chi connectivity index (χ1n) is 9.06. The van der Waals surface area contributed by atoms with E-state index in [1.54, 1.807) is 0 Å². The lowest BCUT2D eigenvalue weighted by Gasteiger charge is -2.58. The Balaban J connectivity index is 1.69. The van der Waals surface area contributed by atoms with Crippen molar-refractivity contribution in [2.75, 3.05) is 0 Å². The van der Waals surface area contributed by atoms with Crippen LogP contribution in [0.25, 0.3) is 0 Å². The van der Waals surface area contributed by atoms with Crippen LogP contribution >= 0.6 is 0 Å². The van der Waals surface area contributed by atoms with Gasteiger partial charge in [0, 0.05) is 24.2 Å². The second kappa shape index (κ2) is 4.64. The molecule has 2 nitrogen and oxygen atoms in total. The van der Waals surface area contributed by atoms with Gasteiger partial charge in [0.25, 0.3) is 0 Å². The van der Waals surface area contributed by atoms with E-state index in [1.807, 2.05) is 0 Å². The van der Waals surface area contributed by atoms with Crippen molar-refractivity contribution < 1.29 is 14.0 Å². The van der Waals surface area contributed by atoms with Crippen molar-refractivity contribution in [3.63, 3.8) is 0 Å². The van der Waals surface area contributed by atoms with Crippen LogP contribution in [0.5, 0.6) is 0 Å². The summed E-state index contributed by atoms with van der Waals surface area (Å²) in [6.45, 7) is 4.39. The van der Waals surface area contributed by atoms with Crippen LogP contribution in [0.15, 0.2) is 0 Å². The highest BCUT2D eigenvalue weighted by Gasteiger charge is 2.62. The van der Waals surface area contributed by atoms with Crippen molar-refractivity contribution in [3.8, 4) is 0 Å². The molecular weight excluding hydrogens is 279 g/mol. The molecule has 0 spiro atoms. The topological polar surface area (TPSA) is 34.1 Å². The third-order valence-electron chi connectivity index (χ3n) is 8.10. The van der Waals surface area contributed by atoms with Crippen LogP contribution in [0.2, 0.25) is 0 Å². The molecule has 122 valence electrons. The molecule has 0 radical (unpaired) electrons. The van der Waals surface area contributed by atoms with Gasteiger partial charge in [-0.05, 0) is 61.7 Å². The van der Waals surface area contributed by atoms with Gasteiger partial charge in [-0.1, -0.05) is 13.8 Å². The minimum Gasteiger partial charge on any atom is -0.299 e. The van der Waals surface area contributed by atoms with Crippen molar-refractivity contribution in [2.45, 2.75) is 71.4 Å². The molecule has 0 bridgehead atoms. The Morgan fingerprint density at radius 2 is 1.82 bits per heavy atom. The number of rotatable bonds is 0. The highest BCUT2D eigenvalue weighted by atomic mass is 19.1. The van der Waals surface area contributed by atoms with Crippen molar-refractivity contribution in [2.24, 2.45) is 34.5 Å². The number of fused-ring (bicyclic) bond motifs is 5. The van der Waals surface area contributed by atoms with Gasteiger partial charge in [0.2, 0.25) is 0 Å². The predicted molar refractivity (Wildman–Crippen MR) is 82.0 cm³/mol. The summed E-state index contributed by atoms with van der Waals surface area (Å²) >= 11 is 0. The summed E-state index contributed by atoms with van der Waals surface area (Å²) in [7, 11) is 0. The molecule has 7 atom stereocenters. The molecule has 0 N–H and O–H groups in total. The lowest BCUT2D eigenvalue weighted by Crippen LogP contribution is -2.56. The molecule has 4 aliphatic carbocycles. The fourth-order valence-electron chi connectivity index (χ4n) is 6.76. The first-order chi connectivity index (χ1) is 10.4. The SMILES string of the molecule is C[C@]12CC[C@@H](F)C[C@@H]1C(=O)C[C@@H]1[C@@H]2CC[C@]2(C)C(=O)CC[C@@H]12. The molecule has 4 rings (SSSR count). The van der Waals surface area contributed by atoms with Crippen molar-refractivity contribution in [1.29, 1.82) is 0 Å². The number of Topliss-reactive ketones (excluding diaryl/α,β-unsaturated/α-hetero) is 2. The highest BCUT2D eigenvalue weighted by Crippen LogP contribution is 2.64. The normalized spacial score (nSPS) is 54.6. The Morgan fingerprint density at radius 1 is 1.05 bits per heavy atom. The van der Waals surface area contributed by atoms with Crippen LogP contribution < -0.4 is 0 Å².